The van der Waals surface area contributed by atoms with Crippen molar-refractivity contribution in [1.82, 2.24) is 9.80 Å². The number of rotatable bonds is 6. The van der Waals surface area contributed by atoms with Gasteiger partial charge >= 0.3 is 0 Å². The van der Waals surface area contributed by atoms with Crippen molar-refractivity contribution in [3.8, 4) is 0 Å². The molecular weight excluding hydrogens is 314 g/mol. The molecular formula is C20H33N3O2. The molecule has 140 valence electrons. The number of ether oxygens (including phenoxy) is 1. The lowest BCUT2D eigenvalue weighted by Crippen LogP contribution is -2.42. The van der Waals surface area contributed by atoms with E-state index >= 15 is 0 Å². The fraction of sp³-hybridized carbons (Fsp3) is 0.750. The number of Topliss-reactive ketones (excluding diaryl/α,β-unsaturated/α-hetero) is 1. The van der Waals surface area contributed by atoms with Crippen LogP contribution in [0.15, 0.2) is 23.4 Å². The maximum atomic E-state index is 11.6. The first-order chi connectivity index (χ1) is 12.2. The van der Waals surface area contributed by atoms with Gasteiger partial charge in [-0.15, -0.1) is 0 Å². The van der Waals surface area contributed by atoms with E-state index < -0.39 is 0 Å². The molecule has 0 aromatic rings. The van der Waals surface area contributed by atoms with Crippen LogP contribution in [0.4, 0.5) is 0 Å². The molecule has 0 radical (unpaired) electrons. The number of likely N-dealkylation sites (tertiary alicyclic amines) is 2. The highest BCUT2D eigenvalue weighted by atomic mass is 16.5. The number of carbonyl (C=O) groups excluding carboxylic acids is 1. The minimum atomic E-state index is 0.262. The largest absolute Gasteiger partial charge is 0.377 e. The van der Waals surface area contributed by atoms with E-state index in [1.165, 1.54) is 25.1 Å². The molecule has 5 nitrogen and oxygen atoms in total. The second-order valence-electron chi connectivity index (χ2n) is 7.67. The smallest absolute Gasteiger partial charge is 0.162 e. The Hall–Kier alpha value is -1.17. The zero-order valence-electron chi connectivity index (χ0n) is 15.6. The van der Waals surface area contributed by atoms with Crippen molar-refractivity contribution in [3.05, 3.63) is 23.4 Å². The lowest BCUT2D eigenvalue weighted by Gasteiger charge is -2.39. The van der Waals surface area contributed by atoms with Crippen LogP contribution in [0.3, 0.4) is 0 Å². The van der Waals surface area contributed by atoms with Gasteiger partial charge in [0, 0.05) is 51.4 Å². The highest BCUT2D eigenvalue weighted by Gasteiger charge is 2.26. The van der Waals surface area contributed by atoms with Crippen molar-refractivity contribution < 1.29 is 9.53 Å². The second kappa shape index (κ2) is 8.97. The van der Waals surface area contributed by atoms with E-state index in [9.17, 15) is 4.79 Å². The van der Waals surface area contributed by atoms with Crippen molar-refractivity contribution in [2.24, 2.45) is 11.7 Å². The number of piperidine rings is 2. The molecule has 0 bridgehead atoms. The van der Waals surface area contributed by atoms with Gasteiger partial charge in [0.2, 0.25) is 0 Å². The van der Waals surface area contributed by atoms with Gasteiger partial charge in [-0.05, 0) is 50.2 Å². The SMILES string of the molecule is CC1=CC(N2CCC(CN3CCC(OCCN)CC3)CC2)=CCC1=O. The number of nitrogens with zero attached hydrogens (tertiary/aromatic N) is 2. The Morgan fingerprint density at radius 3 is 2.52 bits per heavy atom. The van der Waals surface area contributed by atoms with Crippen molar-refractivity contribution in [2.45, 2.75) is 45.1 Å². The predicted octanol–water partition coefficient (Wildman–Crippen LogP) is 1.94. The van der Waals surface area contributed by atoms with Crippen LogP contribution in [0, 0.1) is 5.92 Å². The lowest BCUT2D eigenvalue weighted by molar-refractivity contribution is -0.114. The molecule has 0 spiro atoms. The Labute approximate surface area is 151 Å². The third-order valence-electron chi connectivity index (χ3n) is 5.80. The van der Waals surface area contributed by atoms with Gasteiger partial charge in [-0.3, -0.25) is 4.79 Å². The first-order valence-corrected chi connectivity index (χ1v) is 9.86. The van der Waals surface area contributed by atoms with Gasteiger partial charge in [-0.1, -0.05) is 6.08 Å². The van der Waals surface area contributed by atoms with E-state index in [1.807, 2.05) is 6.92 Å². The van der Waals surface area contributed by atoms with Gasteiger partial charge in [0.25, 0.3) is 0 Å². The Bertz CT molecular complexity index is 513. The average Bonchev–Trinajstić information content (AvgIpc) is 2.64. The van der Waals surface area contributed by atoms with E-state index in [0.29, 0.717) is 25.7 Å². The molecule has 3 aliphatic rings. The summed E-state index contributed by atoms with van der Waals surface area (Å²) in [5.41, 5.74) is 7.67. The first-order valence-electron chi connectivity index (χ1n) is 9.86. The normalized spacial score (nSPS) is 24.4. The van der Waals surface area contributed by atoms with Crippen LogP contribution >= 0.6 is 0 Å². The number of hydrogen-bond donors (Lipinski definition) is 1. The van der Waals surface area contributed by atoms with Gasteiger partial charge in [-0.25, -0.2) is 0 Å². The summed E-state index contributed by atoms with van der Waals surface area (Å²) in [7, 11) is 0. The highest BCUT2D eigenvalue weighted by molar-refractivity contribution is 5.97. The van der Waals surface area contributed by atoms with Crippen molar-refractivity contribution in [1.29, 1.82) is 0 Å². The molecule has 0 saturated carbocycles. The van der Waals surface area contributed by atoms with Gasteiger partial charge in [0.15, 0.2) is 5.78 Å². The zero-order chi connectivity index (χ0) is 17.6. The molecule has 25 heavy (non-hydrogen) atoms. The van der Waals surface area contributed by atoms with Crippen LogP contribution in [0.2, 0.25) is 0 Å². The lowest BCUT2D eigenvalue weighted by atomic mass is 9.93. The van der Waals surface area contributed by atoms with Crippen molar-refractivity contribution in [3.63, 3.8) is 0 Å². The molecule has 1 aliphatic carbocycles. The van der Waals surface area contributed by atoms with E-state index in [4.69, 9.17) is 10.5 Å². The standard InChI is InChI=1S/C20H33N3O2/c1-16-14-18(2-3-20(16)24)23-11-4-17(5-12-23)15-22-9-6-19(7-10-22)25-13-8-21/h2,14,17,19H,3-13,15,21H2,1H3. The van der Waals surface area contributed by atoms with Gasteiger partial charge in [0.05, 0.1) is 12.7 Å². The Kier molecular flexibility index (Phi) is 6.68. The van der Waals surface area contributed by atoms with Gasteiger partial charge in [0.1, 0.15) is 0 Å². The molecule has 0 atom stereocenters. The Morgan fingerprint density at radius 2 is 1.88 bits per heavy atom. The summed E-state index contributed by atoms with van der Waals surface area (Å²) < 4.78 is 5.77. The average molecular weight is 348 g/mol. The third-order valence-corrected chi connectivity index (χ3v) is 5.80. The number of carbonyl (C=O) groups is 1. The summed E-state index contributed by atoms with van der Waals surface area (Å²) in [6.07, 6.45) is 9.94. The highest BCUT2D eigenvalue weighted by Crippen LogP contribution is 2.26. The maximum Gasteiger partial charge on any atom is 0.162 e. The molecule has 0 unspecified atom stereocenters. The van der Waals surface area contributed by atoms with Crippen LogP contribution in [-0.4, -0.2) is 67.6 Å². The molecule has 5 heteroatoms. The van der Waals surface area contributed by atoms with E-state index in [-0.39, 0.29) is 5.78 Å². The number of allylic oxidation sites excluding steroid dienone is 3. The minimum Gasteiger partial charge on any atom is -0.377 e. The molecule has 0 amide bonds. The van der Waals surface area contributed by atoms with Crippen LogP contribution in [0.25, 0.3) is 0 Å². The predicted molar refractivity (Wildman–Crippen MR) is 100 cm³/mol. The Balaban J connectivity index is 1.38. The fourth-order valence-electron chi connectivity index (χ4n) is 4.17. The van der Waals surface area contributed by atoms with Crippen LogP contribution in [-0.2, 0) is 9.53 Å². The van der Waals surface area contributed by atoms with Gasteiger partial charge < -0.3 is 20.3 Å². The number of nitrogens with two attached hydrogens (primary N) is 1. The number of hydrogen-bond acceptors (Lipinski definition) is 5. The first kappa shape index (κ1) is 18.6. The minimum absolute atomic E-state index is 0.262. The summed E-state index contributed by atoms with van der Waals surface area (Å²) in [5.74, 6) is 1.06. The zero-order valence-corrected chi connectivity index (χ0v) is 15.6. The van der Waals surface area contributed by atoms with Crippen molar-refractivity contribution >= 4 is 5.78 Å². The fourth-order valence-corrected chi connectivity index (χ4v) is 4.17. The van der Waals surface area contributed by atoms with E-state index in [1.54, 1.807) is 0 Å². The summed E-state index contributed by atoms with van der Waals surface area (Å²) in [4.78, 5) is 16.7. The van der Waals surface area contributed by atoms with Crippen LogP contribution in [0.1, 0.15) is 39.0 Å². The van der Waals surface area contributed by atoms with Crippen LogP contribution in [0.5, 0.6) is 0 Å². The Morgan fingerprint density at radius 1 is 1.16 bits per heavy atom. The van der Waals surface area contributed by atoms with Gasteiger partial charge in [-0.2, -0.15) is 0 Å². The van der Waals surface area contributed by atoms with Crippen molar-refractivity contribution in [2.75, 3.05) is 45.9 Å². The second-order valence-corrected chi connectivity index (χ2v) is 7.67. The summed E-state index contributed by atoms with van der Waals surface area (Å²) in [6.45, 7) is 9.02. The van der Waals surface area contributed by atoms with E-state index in [0.717, 1.165) is 50.5 Å². The number of ketones is 1. The molecule has 2 saturated heterocycles. The molecule has 2 heterocycles. The topological polar surface area (TPSA) is 58.8 Å². The van der Waals surface area contributed by atoms with Crippen LogP contribution < -0.4 is 5.73 Å². The molecule has 2 fully saturated rings. The summed E-state index contributed by atoms with van der Waals surface area (Å²) >= 11 is 0. The molecule has 2 aliphatic heterocycles. The molecule has 2 N–H and O–H groups in total. The summed E-state index contributed by atoms with van der Waals surface area (Å²) in [5, 5.41) is 0. The molecule has 3 rings (SSSR count). The van der Waals surface area contributed by atoms with E-state index in [2.05, 4.69) is 22.0 Å². The summed E-state index contributed by atoms with van der Waals surface area (Å²) in [6, 6.07) is 0. The quantitative estimate of drug-likeness (QED) is 0.796. The third kappa shape index (κ3) is 5.16. The monoisotopic (exact) mass is 347 g/mol. The maximum absolute atomic E-state index is 11.6. The molecule has 0 aromatic carbocycles. The molecule has 0 aromatic heterocycles.